The number of carbonyl (C=O) groups is 1. The third kappa shape index (κ3) is 4.39. The Bertz CT molecular complexity index is 1140. The molecule has 1 amide bonds. The van der Waals surface area contributed by atoms with E-state index in [9.17, 15) is 13.6 Å². The molecule has 4 atom stereocenters. The SMILES string of the molecule is Cc1ccc2c(n1)CCC[C@]21CNC[C@H]1C(=O)N1CC[C@@H](c2c(F)cccc2F)C[C@H]1C1CCCCC1. The van der Waals surface area contributed by atoms with Crippen LogP contribution in [0.3, 0.4) is 0 Å². The van der Waals surface area contributed by atoms with E-state index in [0.29, 0.717) is 31.8 Å². The summed E-state index contributed by atoms with van der Waals surface area (Å²) in [6, 6.07) is 8.53. The number of aryl methyl sites for hydroxylation is 2. The molecule has 2 aliphatic carbocycles. The lowest BCUT2D eigenvalue weighted by Crippen LogP contribution is -2.55. The Labute approximate surface area is 219 Å². The molecule has 6 rings (SSSR count). The van der Waals surface area contributed by atoms with E-state index in [2.05, 4.69) is 22.3 Å². The van der Waals surface area contributed by atoms with Crippen molar-refractivity contribution in [1.82, 2.24) is 15.2 Å². The number of fused-ring (bicyclic) bond motifs is 2. The maximum atomic E-state index is 14.8. The molecule has 2 aliphatic heterocycles. The molecule has 0 bridgehead atoms. The van der Waals surface area contributed by atoms with Gasteiger partial charge in [-0.05, 0) is 87.5 Å². The van der Waals surface area contributed by atoms with Gasteiger partial charge in [-0.1, -0.05) is 31.4 Å². The van der Waals surface area contributed by atoms with Gasteiger partial charge in [-0.3, -0.25) is 9.78 Å². The molecule has 1 spiro atoms. The lowest BCUT2D eigenvalue weighted by atomic mass is 9.64. The summed E-state index contributed by atoms with van der Waals surface area (Å²) in [5, 5.41) is 3.58. The molecule has 37 heavy (non-hydrogen) atoms. The van der Waals surface area contributed by atoms with Gasteiger partial charge < -0.3 is 10.2 Å². The first-order valence-electron chi connectivity index (χ1n) is 14.4. The summed E-state index contributed by atoms with van der Waals surface area (Å²) in [7, 11) is 0. The second kappa shape index (κ2) is 10.1. The first-order chi connectivity index (χ1) is 18.0. The molecule has 198 valence electrons. The number of likely N-dealkylation sites (tertiary alicyclic amines) is 1. The molecule has 0 radical (unpaired) electrons. The van der Waals surface area contributed by atoms with E-state index >= 15 is 0 Å². The third-order valence-corrected chi connectivity index (χ3v) is 9.97. The molecule has 3 heterocycles. The van der Waals surface area contributed by atoms with Crippen LogP contribution in [0.1, 0.15) is 86.2 Å². The number of nitrogens with zero attached hydrogens (tertiary/aromatic N) is 2. The number of hydrogen-bond donors (Lipinski definition) is 1. The van der Waals surface area contributed by atoms with Crippen molar-refractivity contribution in [3.63, 3.8) is 0 Å². The summed E-state index contributed by atoms with van der Waals surface area (Å²) >= 11 is 0. The van der Waals surface area contributed by atoms with E-state index in [1.807, 2.05) is 6.92 Å². The minimum absolute atomic E-state index is 0.0439. The number of nitrogens with one attached hydrogen (secondary N) is 1. The van der Waals surface area contributed by atoms with Crippen molar-refractivity contribution >= 4 is 5.91 Å². The number of pyridine rings is 1. The number of rotatable bonds is 3. The number of benzene rings is 1. The van der Waals surface area contributed by atoms with Gasteiger partial charge in [0.25, 0.3) is 0 Å². The average molecular weight is 508 g/mol. The van der Waals surface area contributed by atoms with E-state index in [-0.39, 0.29) is 34.8 Å². The van der Waals surface area contributed by atoms with Crippen LogP contribution in [0.15, 0.2) is 30.3 Å². The molecule has 0 unspecified atom stereocenters. The Morgan fingerprint density at radius 3 is 2.62 bits per heavy atom. The van der Waals surface area contributed by atoms with Crippen molar-refractivity contribution in [3.05, 3.63) is 64.5 Å². The Balaban J connectivity index is 1.32. The summed E-state index contributed by atoms with van der Waals surface area (Å²) in [6.45, 7) is 4.11. The Hall–Kier alpha value is -2.34. The molecule has 1 N–H and O–H groups in total. The molecular weight excluding hydrogens is 468 g/mol. The Morgan fingerprint density at radius 2 is 1.84 bits per heavy atom. The Kier molecular flexibility index (Phi) is 6.81. The van der Waals surface area contributed by atoms with Crippen molar-refractivity contribution in [1.29, 1.82) is 0 Å². The highest BCUT2D eigenvalue weighted by Gasteiger charge is 2.52. The number of halogens is 2. The molecule has 1 saturated carbocycles. The van der Waals surface area contributed by atoms with Gasteiger partial charge in [0.15, 0.2) is 0 Å². The fourth-order valence-electron chi connectivity index (χ4n) is 8.19. The van der Waals surface area contributed by atoms with Gasteiger partial charge in [0.2, 0.25) is 5.91 Å². The average Bonchev–Trinajstić information content (AvgIpc) is 3.32. The summed E-state index contributed by atoms with van der Waals surface area (Å²) in [4.78, 5) is 21.5. The minimum Gasteiger partial charge on any atom is -0.339 e. The zero-order valence-electron chi connectivity index (χ0n) is 21.9. The summed E-state index contributed by atoms with van der Waals surface area (Å²) in [6.07, 6.45) is 10.1. The molecule has 1 aromatic carbocycles. The van der Waals surface area contributed by atoms with E-state index in [0.717, 1.165) is 50.0 Å². The van der Waals surface area contributed by atoms with Crippen LogP contribution in [-0.4, -0.2) is 41.5 Å². The molecule has 4 nitrogen and oxygen atoms in total. The normalized spacial score (nSPS) is 30.5. The van der Waals surface area contributed by atoms with Crippen LogP contribution in [-0.2, 0) is 16.6 Å². The van der Waals surface area contributed by atoms with Crippen LogP contribution in [0.4, 0.5) is 8.78 Å². The fourth-order valence-corrected chi connectivity index (χ4v) is 8.19. The number of aromatic nitrogens is 1. The van der Waals surface area contributed by atoms with Crippen molar-refractivity contribution in [2.45, 2.75) is 88.5 Å². The summed E-state index contributed by atoms with van der Waals surface area (Å²) < 4.78 is 29.6. The molecule has 2 saturated heterocycles. The van der Waals surface area contributed by atoms with Gasteiger partial charge >= 0.3 is 0 Å². The first-order valence-corrected chi connectivity index (χ1v) is 14.4. The largest absolute Gasteiger partial charge is 0.339 e. The highest BCUT2D eigenvalue weighted by atomic mass is 19.1. The summed E-state index contributed by atoms with van der Waals surface area (Å²) in [5.74, 6) is -0.565. The van der Waals surface area contributed by atoms with Crippen LogP contribution >= 0.6 is 0 Å². The van der Waals surface area contributed by atoms with E-state index in [1.165, 1.54) is 43.0 Å². The number of amides is 1. The van der Waals surface area contributed by atoms with E-state index in [4.69, 9.17) is 4.98 Å². The molecule has 1 aromatic heterocycles. The number of piperidine rings is 1. The standard InChI is InChI=1S/C31H39F2N3O/c1-20-12-13-23-27(35-20)11-6-15-31(23)19-34-18-24(31)30(37)36-16-14-22(29-25(32)9-5-10-26(29)33)17-28(36)21-7-3-2-4-8-21/h5,9-10,12-13,21-22,24,28,34H,2-4,6-8,11,14-19H2,1H3/t22-,24+,28+,31+/m1/s1. The molecule has 4 aliphatic rings. The zero-order valence-corrected chi connectivity index (χ0v) is 21.9. The fraction of sp³-hybridized carbons (Fsp3) is 0.613. The van der Waals surface area contributed by atoms with Gasteiger partial charge in [-0.2, -0.15) is 0 Å². The van der Waals surface area contributed by atoms with Crippen molar-refractivity contribution in [2.75, 3.05) is 19.6 Å². The molecule has 3 fully saturated rings. The maximum Gasteiger partial charge on any atom is 0.228 e. The topological polar surface area (TPSA) is 45.2 Å². The number of carbonyl (C=O) groups excluding carboxylic acids is 1. The van der Waals surface area contributed by atoms with E-state index in [1.54, 1.807) is 0 Å². The molecule has 2 aromatic rings. The van der Waals surface area contributed by atoms with Crippen LogP contribution in [0.2, 0.25) is 0 Å². The molecular formula is C31H39F2N3O. The van der Waals surface area contributed by atoms with Crippen LogP contribution in [0.25, 0.3) is 0 Å². The third-order valence-electron chi connectivity index (χ3n) is 9.97. The van der Waals surface area contributed by atoms with Crippen LogP contribution in [0.5, 0.6) is 0 Å². The Morgan fingerprint density at radius 1 is 1.05 bits per heavy atom. The van der Waals surface area contributed by atoms with Crippen molar-refractivity contribution < 1.29 is 13.6 Å². The van der Waals surface area contributed by atoms with Gasteiger partial charge in [0.05, 0.1) is 5.92 Å². The van der Waals surface area contributed by atoms with Gasteiger partial charge in [-0.15, -0.1) is 0 Å². The van der Waals surface area contributed by atoms with Crippen LogP contribution in [0, 0.1) is 30.4 Å². The van der Waals surface area contributed by atoms with E-state index < -0.39 is 11.6 Å². The smallest absolute Gasteiger partial charge is 0.228 e. The quantitative estimate of drug-likeness (QED) is 0.570. The van der Waals surface area contributed by atoms with Crippen molar-refractivity contribution in [2.24, 2.45) is 11.8 Å². The van der Waals surface area contributed by atoms with Gasteiger partial charge in [-0.25, -0.2) is 8.78 Å². The second-order valence-corrected chi connectivity index (χ2v) is 12.0. The number of hydrogen-bond acceptors (Lipinski definition) is 3. The van der Waals surface area contributed by atoms with Crippen molar-refractivity contribution in [3.8, 4) is 0 Å². The van der Waals surface area contributed by atoms with Crippen LogP contribution < -0.4 is 5.32 Å². The second-order valence-electron chi connectivity index (χ2n) is 12.0. The zero-order chi connectivity index (χ0) is 25.6. The maximum absolute atomic E-state index is 14.8. The van der Waals surface area contributed by atoms with Gasteiger partial charge in [0, 0.05) is 48.0 Å². The van der Waals surface area contributed by atoms with Gasteiger partial charge in [0.1, 0.15) is 11.6 Å². The lowest BCUT2D eigenvalue weighted by Gasteiger charge is -2.48. The minimum atomic E-state index is -0.451. The molecule has 6 heteroatoms. The predicted octanol–water partition coefficient (Wildman–Crippen LogP) is 5.82. The summed E-state index contributed by atoms with van der Waals surface area (Å²) in [5.41, 5.74) is 3.45. The highest BCUT2D eigenvalue weighted by molar-refractivity contribution is 5.82. The highest BCUT2D eigenvalue weighted by Crippen LogP contribution is 2.47. The first kappa shape index (κ1) is 25.0. The predicted molar refractivity (Wildman–Crippen MR) is 140 cm³/mol. The monoisotopic (exact) mass is 507 g/mol. The lowest BCUT2D eigenvalue weighted by molar-refractivity contribution is -0.143.